The molecule has 1 aromatic heterocycles. The molecule has 0 saturated heterocycles. The molecule has 5 nitrogen and oxygen atoms in total. The number of thiophene rings is 1. The molecule has 0 fully saturated rings. The lowest BCUT2D eigenvalue weighted by Gasteiger charge is -2.15. The molecule has 1 N–H and O–H groups in total. The van der Waals surface area contributed by atoms with Gasteiger partial charge in [-0.2, -0.15) is 0 Å². The van der Waals surface area contributed by atoms with Gasteiger partial charge in [-0.1, -0.05) is 18.2 Å². The molecule has 3 rings (SSSR count). The van der Waals surface area contributed by atoms with Crippen molar-refractivity contribution in [1.82, 2.24) is 10.2 Å². The van der Waals surface area contributed by atoms with Gasteiger partial charge >= 0.3 is 0 Å². The van der Waals surface area contributed by atoms with Crippen LogP contribution in [0.1, 0.15) is 44.1 Å². The van der Waals surface area contributed by atoms with Crippen molar-refractivity contribution >= 4 is 23.2 Å². The summed E-state index contributed by atoms with van der Waals surface area (Å²) in [6.07, 6.45) is 0. The molecule has 2 heterocycles. The molecule has 6 heteroatoms. The number of ether oxygens (including phenoxy) is 1. The van der Waals surface area contributed by atoms with Gasteiger partial charge in [0.1, 0.15) is 0 Å². The zero-order valence-electron chi connectivity index (χ0n) is 13.7. The molecule has 1 atom stereocenters. The summed E-state index contributed by atoms with van der Waals surface area (Å²) in [5, 5.41) is 4.96. The van der Waals surface area contributed by atoms with E-state index in [9.17, 15) is 9.59 Å². The van der Waals surface area contributed by atoms with Crippen molar-refractivity contribution < 1.29 is 14.3 Å². The zero-order valence-corrected chi connectivity index (χ0v) is 14.6. The van der Waals surface area contributed by atoms with E-state index >= 15 is 0 Å². The molecular formula is C18H20N2O3S. The highest BCUT2D eigenvalue weighted by atomic mass is 32.1. The Kier molecular flexibility index (Phi) is 4.97. The van der Waals surface area contributed by atoms with Gasteiger partial charge in [-0.25, -0.2) is 0 Å². The fourth-order valence-corrected chi connectivity index (χ4v) is 3.61. The van der Waals surface area contributed by atoms with E-state index in [4.69, 9.17) is 4.74 Å². The lowest BCUT2D eigenvalue weighted by atomic mass is 10.0. The summed E-state index contributed by atoms with van der Waals surface area (Å²) in [5.41, 5.74) is 1.86. The van der Waals surface area contributed by atoms with Crippen molar-refractivity contribution in [1.29, 1.82) is 0 Å². The summed E-state index contributed by atoms with van der Waals surface area (Å²) in [6.45, 7) is 3.48. The van der Waals surface area contributed by atoms with Gasteiger partial charge in [-0.05, 0) is 30.0 Å². The third-order valence-electron chi connectivity index (χ3n) is 4.14. The summed E-state index contributed by atoms with van der Waals surface area (Å²) in [6, 6.07) is 9.31. The van der Waals surface area contributed by atoms with Gasteiger partial charge in [0.2, 0.25) is 0 Å². The third kappa shape index (κ3) is 3.20. The van der Waals surface area contributed by atoms with E-state index in [-0.39, 0.29) is 17.9 Å². The molecule has 2 aromatic rings. The maximum Gasteiger partial charge on any atom is 0.255 e. The Hall–Kier alpha value is -2.18. The molecule has 0 radical (unpaired) electrons. The first-order valence-corrected chi connectivity index (χ1v) is 8.74. The average molecular weight is 344 g/mol. The second kappa shape index (κ2) is 7.15. The Bertz CT molecular complexity index is 743. The van der Waals surface area contributed by atoms with Gasteiger partial charge in [-0.3, -0.25) is 9.59 Å². The van der Waals surface area contributed by atoms with E-state index < -0.39 is 0 Å². The van der Waals surface area contributed by atoms with Gasteiger partial charge in [0.25, 0.3) is 11.8 Å². The van der Waals surface area contributed by atoms with E-state index in [0.717, 1.165) is 10.4 Å². The number of rotatable bonds is 6. The van der Waals surface area contributed by atoms with E-state index in [0.29, 0.717) is 30.8 Å². The third-order valence-corrected chi connectivity index (χ3v) is 5.20. The number of fused-ring (bicyclic) bond motifs is 1. The minimum absolute atomic E-state index is 0.0885. The summed E-state index contributed by atoms with van der Waals surface area (Å²) >= 11 is 1.60. The van der Waals surface area contributed by atoms with Crippen LogP contribution in [-0.2, 0) is 11.3 Å². The molecule has 1 aromatic carbocycles. The molecule has 0 spiro atoms. The molecule has 2 amide bonds. The number of nitrogens with zero attached hydrogens (tertiary/aromatic N) is 1. The molecule has 0 bridgehead atoms. The van der Waals surface area contributed by atoms with Gasteiger partial charge in [0.15, 0.2) is 0 Å². The van der Waals surface area contributed by atoms with Gasteiger partial charge < -0.3 is 15.0 Å². The number of nitrogens with one attached hydrogen (secondary N) is 1. The molecule has 1 aliphatic heterocycles. The number of hydrogen-bond acceptors (Lipinski definition) is 4. The topological polar surface area (TPSA) is 58.6 Å². The second-order valence-corrected chi connectivity index (χ2v) is 6.75. The Morgan fingerprint density at radius 2 is 2.21 bits per heavy atom. The van der Waals surface area contributed by atoms with Crippen molar-refractivity contribution in [2.75, 3.05) is 20.3 Å². The Morgan fingerprint density at radius 3 is 2.92 bits per heavy atom. The number of methoxy groups -OCH3 is 1. The highest BCUT2D eigenvalue weighted by molar-refractivity contribution is 7.10. The van der Waals surface area contributed by atoms with Crippen molar-refractivity contribution in [2.45, 2.75) is 19.5 Å². The first-order chi connectivity index (χ1) is 11.6. The van der Waals surface area contributed by atoms with Crippen LogP contribution in [0.25, 0.3) is 0 Å². The molecule has 126 valence electrons. The highest BCUT2D eigenvalue weighted by Crippen LogP contribution is 2.27. The molecule has 0 unspecified atom stereocenters. The summed E-state index contributed by atoms with van der Waals surface area (Å²) in [5.74, 6) is -0.314. The molecule has 0 aliphatic carbocycles. The van der Waals surface area contributed by atoms with Gasteiger partial charge in [0.05, 0.1) is 23.8 Å². The van der Waals surface area contributed by atoms with E-state index in [2.05, 4.69) is 5.32 Å². The largest absolute Gasteiger partial charge is 0.383 e. The van der Waals surface area contributed by atoms with Crippen molar-refractivity contribution in [2.24, 2.45) is 0 Å². The van der Waals surface area contributed by atoms with Crippen molar-refractivity contribution in [3.63, 3.8) is 0 Å². The maximum absolute atomic E-state index is 12.7. The Labute approximate surface area is 145 Å². The molecule has 0 saturated carbocycles. The number of benzene rings is 1. The summed E-state index contributed by atoms with van der Waals surface area (Å²) in [4.78, 5) is 28.1. The molecule has 24 heavy (non-hydrogen) atoms. The highest BCUT2D eigenvalue weighted by Gasteiger charge is 2.31. The fraction of sp³-hybridized carbons (Fsp3) is 0.333. The van der Waals surface area contributed by atoms with Crippen LogP contribution in [0.4, 0.5) is 0 Å². The smallest absolute Gasteiger partial charge is 0.255 e. The van der Waals surface area contributed by atoms with Crippen LogP contribution < -0.4 is 5.32 Å². The number of carbonyl (C=O) groups excluding carboxylic acids is 2. The first-order valence-electron chi connectivity index (χ1n) is 7.86. The van der Waals surface area contributed by atoms with Crippen LogP contribution in [0.3, 0.4) is 0 Å². The molecule has 1 aliphatic rings. The summed E-state index contributed by atoms with van der Waals surface area (Å²) < 4.78 is 5.05. The lowest BCUT2D eigenvalue weighted by molar-refractivity contribution is 0.0715. The minimum atomic E-state index is -0.213. The normalized spacial score (nSPS) is 14.6. The second-order valence-electron chi connectivity index (χ2n) is 5.77. The van der Waals surface area contributed by atoms with Crippen molar-refractivity contribution in [3.8, 4) is 0 Å². The lowest BCUT2D eigenvalue weighted by Crippen LogP contribution is -2.30. The van der Waals surface area contributed by atoms with E-state index in [1.54, 1.807) is 29.4 Å². The van der Waals surface area contributed by atoms with E-state index in [1.165, 1.54) is 0 Å². The average Bonchev–Trinajstić information content (AvgIpc) is 3.21. The predicted octanol–water partition coefficient (Wildman–Crippen LogP) is 2.84. The van der Waals surface area contributed by atoms with Crippen LogP contribution in [0, 0.1) is 0 Å². The fourth-order valence-electron chi connectivity index (χ4n) is 2.87. The standard InChI is InChI=1S/C18H20N2O3S/c1-12(15-7-4-10-24-15)19-17(21)14-6-3-5-13-11-20(8-9-23-2)18(22)16(13)14/h3-7,10,12H,8-9,11H2,1-2H3,(H,19,21)/t12-/m1/s1. The minimum Gasteiger partial charge on any atom is -0.383 e. The monoisotopic (exact) mass is 344 g/mol. The van der Waals surface area contributed by atoms with Crippen LogP contribution >= 0.6 is 11.3 Å². The number of carbonyl (C=O) groups is 2. The zero-order chi connectivity index (χ0) is 17.1. The van der Waals surface area contributed by atoms with Crippen LogP contribution in [0.5, 0.6) is 0 Å². The van der Waals surface area contributed by atoms with Gasteiger partial charge in [0, 0.05) is 25.1 Å². The van der Waals surface area contributed by atoms with Crippen LogP contribution in [-0.4, -0.2) is 37.0 Å². The van der Waals surface area contributed by atoms with Crippen LogP contribution in [0.15, 0.2) is 35.7 Å². The van der Waals surface area contributed by atoms with Crippen LogP contribution in [0.2, 0.25) is 0 Å². The van der Waals surface area contributed by atoms with E-state index in [1.807, 2.05) is 36.6 Å². The number of amides is 2. The van der Waals surface area contributed by atoms with Crippen molar-refractivity contribution in [3.05, 3.63) is 57.3 Å². The Morgan fingerprint density at radius 1 is 1.38 bits per heavy atom. The SMILES string of the molecule is COCCN1Cc2cccc(C(=O)N[C@H](C)c3cccs3)c2C1=O. The molecular weight excluding hydrogens is 324 g/mol. The summed E-state index contributed by atoms with van der Waals surface area (Å²) in [7, 11) is 1.61. The predicted molar refractivity (Wildman–Crippen MR) is 93.3 cm³/mol. The van der Waals surface area contributed by atoms with Gasteiger partial charge in [-0.15, -0.1) is 11.3 Å². The quantitative estimate of drug-likeness (QED) is 0.877. The number of hydrogen-bond donors (Lipinski definition) is 1. The first kappa shape index (κ1) is 16.7. The Balaban J connectivity index is 1.80. The maximum atomic E-state index is 12.7.